The molecule has 0 aliphatic carbocycles. The molecular weight excluding hydrogens is 164 g/mol. The quantitative estimate of drug-likeness (QED) is 0.769. The van der Waals surface area contributed by atoms with Gasteiger partial charge in [-0.15, -0.1) is 5.10 Å². The van der Waals surface area contributed by atoms with E-state index in [4.69, 9.17) is 5.73 Å². The number of hydrogen-bond donors (Lipinski definition) is 1. The summed E-state index contributed by atoms with van der Waals surface area (Å²) in [5, 5.41) is 7.76. The zero-order chi connectivity index (χ0) is 9.84. The van der Waals surface area contributed by atoms with E-state index >= 15 is 0 Å². The SMILES string of the molecule is Cc1c(N)nnn1CCCC(C)C. The normalized spacial score (nSPS) is 11.1. The van der Waals surface area contributed by atoms with Crippen molar-refractivity contribution in [3.8, 4) is 0 Å². The summed E-state index contributed by atoms with van der Waals surface area (Å²) in [7, 11) is 0. The Kier molecular flexibility index (Phi) is 3.28. The molecule has 0 fully saturated rings. The topological polar surface area (TPSA) is 56.7 Å². The Hall–Kier alpha value is -1.06. The smallest absolute Gasteiger partial charge is 0.168 e. The van der Waals surface area contributed by atoms with Gasteiger partial charge in [0.1, 0.15) is 0 Å². The summed E-state index contributed by atoms with van der Waals surface area (Å²) in [5.41, 5.74) is 6.55. The summed E-state index contributed by atoms with van der Waals surface area (Å²) >= 11 is 0. The van der Waals surface area contributed by atoms with Crippen molar-refractivity contribution in [2.24, 2.45) is 5.92 Å². The summed E-state index contributed by atoms with van der Waals surface area (Å²) in [6.45, 7) is 7.32. The van der Waals surface area contributed by atoms with Gasteiger partial charge in [-0.2, -0.15) is 0 Å². The van der Waals surface area contributed by atoms with Gasteiger partial charge in [0.2, 0.25) is 0 Å². The van der Waals surface area contributed by atoms with Gasteiger partial charge in [-0.3, -0.25) is 0 Å². The lowest BCUT2D eigenvalue weighted by molar-refractivity contribution is 0.477. The van der Waals surface area contributed by atoms with Gasteiger partial charge in [0.25, 0.3) is 0 Å². The van der Waals surface area contributed by atoms with Crippen LogP contribution in [0.4, 0.5) is 5.82 Å². The molecule has 0 amide bonds. The van der Waals surface area contributed by atoms with Gasteiger partial charge in [-0.05, 0) is 25.7 Å². The van der Waals surface area contributed by atoms with E-state index in [0.29, 0.717) is 5.82 Å². The van der Waals surface area contributed by atoms with Crippen molar-refractivity contribution in [3.63, 3.8) is 0 Å². The predicted octanol–water partition coefficient (Wildman–Crippen LogP) is 1.60. The van der Waals surface area contributed by atoms with Crippen molar-refractivity contribution in [1.82, 2.24) is 15.0 Å². The molecule has 2 N–H and O–H groups in total. The highest BCUT2D eigenvalue weighted by molar-refractivity contribution is 5.31. The second kappa shape index (κ2) is 4.25. The van der Waals surface area contributed by atoms with E-state index in [0.717, 1.165) is 24.6 Å². The third-order valence-electron chi connectivity index (χ3n) is 2.17. The maximum atomic E-state index is 5.58. The van der Waals surface area contributed by atoms with E-state index in [2.05, 4.69) is 24.2 Å². The summed E-state index contributed by atoms with van der Waals surface area (Å²) in [4.78, 5) is 0. The number of nitrogens with two attached hydrogens (primary N) is 1. The first-order chi connectivity index (χ1) is 6.11. The van der Waals surface area contributed by atoms with E-state index in [9.17, 15) is 0 Å². The van der Waals surface area contributed by atoms with E-state index < -0.39 is 0 Å². The average molecular weight is 182 g/mol. The van der Waals surface area contributed by atoms with Gasteiger partial charge in [0.05, 0.1) is 5.69 Å². The van der Waals surface area contributed by atoms with Crippen molar-refractivity contribution in [3.05, 3.63) is 5.69 Å². The minimum atomic E-state index is 0.546. The van der Waals surface area contributed by atoms with Crippen LogP contribution in [0.15, 0.2) is 0 Å². The Balaban J connectivity index is 2.41. The maximum absolute atomic E-state index is 5.58. The average Bonchev–Trinajstić information content (AvgIpc) is 2.35. The molecule has 0 saturated carbocycles. The highest BCUT2D eigenvalue weighted by atomic mass is 15.4. The Labute approximate surface area is 79.1 Å². The van der Waals surface area contributed by atoms with Crippen LogP contribution in [-0.2, 0) is 6.54 Å². The highest BCUT2D eigenvalue weighted by Crippen LogP contribution is 2.08. The molecule has 1 aromatic rings. The molecule has 0 radical (unpaired) electrons. The number of hydrogen-bond acceptors (Lipinski definition) is 3. The molecule has 0 saturated heterocycles. The summed E-state index contributed by atoms with van der Waals surface area (Å²) in [5.74, 6) is 1.30. The van der Waals surface area contributed by atoms with Crippen molar-refractivity contribution in [2.75, 3.05) is 5.73 Å². The Bertz CT molecular complexity index is 265. The number of nitrogen functional groups attached to an aromatic ring is 1. The lowest BCUT2D eigenvalue weighted by atomic mass is 10.1. The third kappa shape index (κ3) is 2.72. The fraction of sp³-hybridized carbons (Fsp3) is 0.778. The Morgan fingerprint density at radius 1 is 1.46 bits per heavy atom. The molecule has 0 atom stereocenters. The number of nitrogens with zero attached hydrogens (tertiary/aromatic N) is 3. The van der Waals surface area contributed by atoms with Crippen LogP contribution in [0.25, 0.3) is 0 Å². The number of aromatic nitrogens is 3. The zero-order valence-corrected chi connectivity index (χ0v) is 8.62. The number of aryl methyl sites for hydroxylation is 1. The van der Waals surface area contributed by atoms with Crippen LogP contribution >= 0.6 is 0 Å². The van der Waals surface area contributed by atoms with Crippen LogP contribution in [0.2, 0.25) is 0 Å². The van der Waals surface area contributed by atoms with Gasteiger partial charge in [-0.25, -0.2) is 4.68 Å². The minimum Gasteiger partial charge on any atom is -0.381 e. The molecule has 0 aliphatic rings. The van der Waals surface area contributed by atoms with Crippen LogP contribution in [0, 0.1) is 12.8 Å². The van der Waals surface area contributed by atoms with Gasteiger partial charge in [-0.1, -0.05) is 19.1 Å². The van der Waals surface area contributed by atoms with Crippen molar-refractivity contribution in [1.29, 1.82) is 0 Å². The summed E-state index contributed by atoms with van der Waals surface area (Å²) < 4.78 is 1.87. The Morgan fingerprint density at radius 3 is 2.62 bits per heavy atom. The van der Waals surface area contributed by atoms with E-state index in [-0.39, 0.29) is 0 Å². The molecule has 0 bridgehead atoms. The molecule has 0 unspecified atom stereocenters. The number of rotatable bonds is 4. The molecule has 4 nitrogen and oxygen atoms in total. The van der Waals surface area contributed by atoms with Crippen LogP contribution < -0.4 is 5.73 Å². The third-order valence-corrected chi connectivity index (χ3v) is 2.17. The fourth-order valence-corrected chi connectivity index (χ4v) is 1.24. The monoisotopic (exact) mass is 182 g/mol. The summed E-state index contributed by atoms with van der Waals surface area (Å²) in [6, 6.07) is 0. The van der Waals surface area contributed by atoms with E-state index in [1.807, 2.05) is 11.6 Å². The van der Waals surface area contributed by atoms with Gasteiger partial charge >= 0.3 is 0 Å². The molecule has 74 valence electrons. The predicted molar refractivity (Wildman–Crippen MR) is 53.2 cm³/mol. The standard InChI is InChI=1S/C9H18N4/c1-7(2)5-4-6-13-8(3)9(10)11-12-13/h7H,4-6,10H2,1-3H3. The fourth-order valence-electron chi connectivity index (χ4n) is 1.24. The maximum Gasteiger partial charge on any atom is 0.168 e. The van der Waals surface area contributed by atoms with Crippen molar-refractivity contribution < 1.29 is 0 Å². The highest BCUT2D eigenvalue weighted by Gasteiger charge is 2.03. The first kappa shape index (κ1) is 10.0. The van der Waals surface area contributed by atoms with Crippen LogP contribution in [0.5, 0.6) is 0 Å². The second-order valence-electron chi connectivity index (χ2n) is 3.82. The first-order valence-corrected chi connectivity index (χ1v) is 4.77. The molecule has 13 heavy (non-hydrogen) atoms. The molecule has 1 aromatic heterocycles. The molecular formula is C9H18N4. The van der Waals surface area contributed by atoms with Gasteiger partial charge < -0.3 is 5.73 Å². The van der Waals surface area contributed by atoms with Crippen molar-refractivity contribution >= 4 is 5.82 Å². The van der Waals surface area contributed by atoms with Crippen LogP contribution in [0.1, 0.15) is 32.4 Å². The molecule has 0 aliphatic heterocycles. The molecule has 1 rings (SSSR count). The van der Waals surface area contributed by atoms with Crippen LogP contribution in [0.3, 0.4) is 0 Å². The first-order valence-electron chi connectivity index (χ1n) is 4.77. The summed E-state index contributed by atoms with van der Waals surface area (Å²) in [6.07, 6.45) is 2.36. The molecule has 4 heteroatoms. The lowest BCUT2D eigenvalue weighted by Gasteiger charge is -2.05. The Morgan fingerprint density at radius 2 is 2.15 bits per heavy atom. The minimum absolute atomic E-state index is 0.546. The molecule has 0 spiro atoms. The number of anilines is 1. The van der Waals surface area contributed by atoms with Crippen molar-refractivity contribution in [2.45, 2.75) is 40.2 Å². The lowest BCUT2D eigenvalue weighted by Crippen LogP contribution is -2.04. The zero-order valence-electron chi connectivity index (χ0n) is 8.62. The van der Waals surface area contributed by atoms with E-state index in [1.54, 1.807) is 0 Å². The molecule has 0 aromatic carbocycles. The second-order valence-corrected chi connectivity index (χ2v) is 3.82. The van der Waals surface area contributed by atoms with Gasteiger partial charge in [0, 0.05) is 6.54 Å². The molecule has 1 heterocycles. The largest absolute Gasteiger partial charge is 0.381 e. The van der Waals surface area contributed by atoms with Crippen LogP contribution in [-0.4, -0.2) is 15.0 Å². The van der Waals surface area contributed by atoms with E-state index in [1.165, 1.54) is 6.42 Å². The van der Waals surface area contributed by atoms with Gasteiger partial charge in [0.15, 0.2) is 5.82 Å².